The lowest BCUT2D eigenvalue weighted by Gasteiger charge is -2.26. The van der Waals surface area contributed by atoms with Gasteiger partial charge in [0.25, 0.3) is 5.91 Å². The third kappa shape index (κ3) is 2.86. The number of thiophene rings is 1. The van der Waals surface area contributed by atoms with E-state index in [1.54, 1.807) is 11.3 Å². The van der Waals surface area contributed by atoms with E-state index in [1.165, 1.54) is 12.8 Å². The number of halogens is 1. The molecule has 0 atom stereocenters. The van der Waals surface area contributed by atoms with Gasteiger partial charge in [-0.1, -0.05) is 0 Å². The Bertz CT molecular complexity index is 384. The zero-order valence-corrected chi connectivity index (χ0v) is 12.0. The standard InChI is InChI=1S/C12H16BrNOS/c1-8(2)14(6-9-3-4-9)12(15)10-5-11(13)16-7-10/h5,7-9H,3-4,6H2,1-2H3. The molecular weight excluding hydrogens is 286 g/mol. The Balaban J connectivity index is 2.09. The van der Waals surface area contributed by atoms with Crippen LogP contribution in [0.3, 0.4) is 0 Å². The summed E-state index contributed by atoms with van der Waals surface area (Å²) in [6, 6.07) is 2.20. The van der Waals surface area contributed by atoms with Crippen LogP contribution < -0.4 is 0 Å². The first-order chi connectivity index (χ1) is 7.58. The molecule has 1 heterocycles. The largest absolute Gasteiger partial charge is 0.336 e. The second kappa shape index (κ2) is 4.88. The summed E-state index contributed by atoms with van der Waals surface area (Å²) in [5.74, 6) is 0.914. The van der Waals surface area contributed by atoms with E-state index in [-0.39, 0.29) is 11.9 Å². The molecule has 16 heavy (non-hydrogen) atoms. The Labute approximate surface area is 109 Å². The number of amides is 1. The highest BCUT2D eigenvalue weighted by Gasteiger charge is 2.28. The SMILES string of the molecule is CC(C)N(CC1CC1)C(=O)c1csc(Br)c1. The van der Waals surface area contributed by atoms with Gasteiger partial charge in [-0.05, 0) is 54.6 Å². The van der Waals surface area contributed by atoms with Gasteiger partial charge in [-0.15, -0.1) is 11.3 Å². The van der Waals surface area contributed by atoms with Gasteiger partial charge in [0.1, 0.15) is 0 Å². The molecule has 1 aromatic rings. The molecule has 0 unspecified atom stereocenters. The molecular formula is C12H16BrNOS. The Kier molecular flexibility index (Phi) is 3.70. The van der Waals surface area contributed by atoms with Gasteiger partial charge in [0.15, 0.2) is 0 Å². The monoisotopic (exact) mass is 301 g/mol. The van der Waals surface area contributed by atoms with Crippen molar-refractivity contribution in [2.24, 2.45) is 5.92 Å². The minimum absolute atomic E-state index is 0.170. The molecule has 1 fully saturated rings. The van der Waals surface area contributed by atoms with Crippen molar-refractivity contribution in [1.29, 1.82) is 0 Å². The molecule has 0 bridgehead atoms. The topological polar surface area (TPSA) is 20.3 Å². The van der Waals surface area contributed by atoms with Crippen molar-refractivity contribution >= 4 is 33.2 Å². The van der Waals surface area contributed by atoms with E-state index in [4.69, 9.17) is 0 Å². The molecule has 0 radical (unpaired) electrons. The fraction of sp³-hybridized carbons (Fsp3) is 0.583. The van der Waals surface area contributed by atoms with Crippen LogP contribution in [0.5, 0.6) is 0 Å². The van der Waals surface area contributed by atoms with Gasteiger partial charge < -0.3 is 4.90 Å². The summed E-state index contributed by atoms with van der Waals surface area (Å²) in [5, 5.41) is 1.93. The van der Waals surface area contributed by atoms with E-state index in [1.807, 2.05) is 16.3 Å². The first kappa shape index (κ1) is 12.1. The number of nitrogens with zero attached hydrogens (tertiary/aromatic N) is 1. The average Bonchev–Trinajstić information content (AvgIpc) is 2.95. The zero-order chi connectivity index (χ0) is 11.7. The smallest absolute Gasteiger partial charge is 0.254 e. The highest BCUT2D eigenvalue weighted by atomic mass is 79.9. The maximum Gasteiger partial charge on any atom is 0.254 e. The summed E-state index contributed by atoms with van der Waals surface area (Å²) in [4.78, 5) is 14.3. The molecule has 1 amide bonds. The lowest BCUT2D eigenvalue weighted by atomic mass is 10.2. The highest BCUT2D eigenvalue weighted by Crippen LogP contribution is 2.31. The fourth-order valence-corrected chi connectivity index (χ4v) is 2.83. The van der Waals surface area contributed by atoms with Gasteiger partial charge in [0.2, 0.25) is 0 Å². The van der Waals surface area contributed by atoms with E-state index >= 15 is 0 Å². The van der Waals surface area contributed by atoms with Crippen LogP contribution >= 0.6 is 27.3 Å². The Morgan fingerprint density at radius 1 is 1.62 bits per heavy atom. The maximum absolute atomic E-state index is 12.3. The third-order valence-electron chi connectivity index (χ3n) is 2.85. The van der Waals surface area contributed by atoms with Crippen molar-refractivity contribution in [3.8, 4) is 0 Å². The van der Waals surface area contributed by atoms with Gasteiger partial charge in [-0.3, -0.25) is 4.79 Å². The molecule has 0 N–H and O–H groups in total. The lowest BCUT2D eigenvalue weighted by molar-refractivity contribution is 0.0697. The first-order valence-corrected chi connectivity index (χ1v) is 7.30. The minimum Gasteiger partial charge on any atom is -0.336 e. The number of rotatable bonds is 4. The maximum atomic E-state index is 12.3. The zero-order valence-electron chi connectivity index (χ0n) is 9.57. The Morgan fingerprint density at radius 3 is 2.75 bits per heavy atom. The molecule has 88 valence electrons. The quantitative estimate of drug-likeness (QED) is 0.829. The normalized spacial score (nSPS) is 15.5. The van der Waals surface area contributed by atoms with Crippen LogP contribution in [-0.4, -0.2) is 23.4 Å². The molecule has 1 saturated carbocycles. The summed E-state index contributed by atoms with van der Waals surface area (Å²) >= 11 is 4.96. The predicted octanol–water partition coefficient (Wildman–Crippen LogP) is 3.77. The van der Waals surface area contributed by atoms with Crippen molar-refractivity contribution < 1.29 is 4.79 Å². The van der Waals surface area contributed by atoms with E-state index < -0.39 is 0 Å². The van der Waals surface area contributed by atoms with Crippen LogP contribution in [0.25, 0.3) is 0 Å². The molecule has 1 aliphatic carbocycles. The van der Waals surface area contributed by atoms with Gasteiger partial charge in [0.05, 0.1) is 9.35 Å². The predicted molar refractivity (Wildman–Crippen MR) is 70.9 cm³/mol. The number of carbonyl (C=O) groups is 1. The second-order valence-electron chi connectivity index (χ2n) is 4.63. The molecule has 0 aliphatic heterocycles. The molecule has 0 saturated heterocycles. The van der Waals surface area contributed by atoms with Crippen molar-refractivity contribution in [2.45, 2.75) is 32.7 Å². The Hall–Kier alpha value is -0.350. The van der Waals surface area contributed by atoms with E-state index in [9.17, 15) is 4.79 Å². The van der Waals surface area contributed by atoms with Crippen LogP contribution in [0.2, 0.25) is 0 Å². The summed E-state index contributed by atoms with van der Waals surface area (Å²) in [5.41, 5.74) is 0.811. The van der Waals surface area contributed by atoms with Crippen LogP contribution in [0.1, 0.15) is 37.0 Å². The number of carbonyl (C=O) groups excluding carboxylic acids is 1. The van der Waals surface area contributed by atoms with E-state index in [2.05, 4.69) is 29.8 Å². The fourth-order valence-electron chi connectivity index (χ4n) is 1.69. The van der Waals surface area contributed by atoms with Crippen molar-refractivity contribution in [2.75, 3.05) is 6.54 Å². The van der Waals surface area contributed by atoms with E-state index in [0.717, 1.165) is 21.8 Å². The summed E-state index contributed by atoms with van der Waals surface area (Å²) in [6.45, 7) is 5.09. The third-order valence-corrected chi connectivity index (χ3v) is 4.35. The van der Waals surface area contributed by atoms with Gasteiger partial charge in [-0.2, -0.15) is 0 Å². The second-order valence-corrected chi connectivity index (χ2v) is 6.92. The minimum atomic E-state index is 0.170. The Morgan fingerprint density at radius 2 is 2.31 bits per heavy atom. The van der Waals surface area contributed by atoms with Gasteiger partial charge in [0, 0.05) is 18.0 Å². The summed E-state index contributed by atoms with van der Waals surface area (Å²) in [7, 11) is 0. The molecule has 1 aliphatic rings. The number of hydrogen-bond donors (Lipinski definition) is 0. The van der Waals surface area contributed by atoms with Crippen LogP contribution in [0, 0.1) is 5.92 Å². The molecule has 4 heteroatoms. The lowest BCUT2D eigenvalue weighted by Crippen LogP contribution is -2.38. The molecule has 2 nitrogen and oxygen atoms in total. The van der Waals surface area contributed by atoms with Crippen LogP contribution in [-0.2, 0) is 0 Å². The number of hydrogen-bond acceptors (Lipinski definition) is 2. The van der Waals surface area contributed by atoms with Crippen LogP contribution in [0.15, 0.2) is 15.2 Å². The summed E-state index contributed by atoms with van der Waals surface area (Å²) in [6.07, 6.45) is 2.56. The van der Waals surface area contributed by atoms with Crippen molar-refractivity contribution in [3.05, 3.63) is 20.8 Å². The van der Waals surface area contributed by atoms with E-state index in [0.29, 0.717) is 0 Å². The van der Waals surface area contributed by atoms with Crippen LogP contribution in [0.4, 0.5) is 0 Å². The highest BCUT2D eigenvalue weighted by molar-refractivity contribution is 9.11. The van der Waals surface area contributed by atoms with Gasteiger partial charge in [-0.25, -0.2) is 0 Å². The molecule has 0 spiro atoms. The van der Waals surface area contributed by atoms with Crippen molar-refractivity contribution in [3.63, 3.8) is 0 Å². The molecule has 2 rings (SSSR count). The molecule has 0 aromatic carbocycles. The molecule has 1 aromatic heterocycles. The first-order valence-electron chi connectivity index (χ1n) is 5.63. The average molecular weight is 302 g/mol. The summed E-state index contributed by atoms with van der Waals surface area (Å²) < 4.78 is 1.02. The van der Waals surface area contributed by atoms with Crippen molar-refractivity contribution in [1.82, 2.24) is 4.90 Å². The van der Waals surface area contributed by atoms with Gasteiger partial charge >= 0.3 is 0 Å².